The van der Waals surface area contributed by atoms with E-state index < -0.39 is 35.7 Å². The van der Waals surface area contributed by atoms with E-state index in [0.717, 1.165) is 25.7 Å². The van der Waals surface area contributed by atoms with Gasteiger partial charge in [-0.3, -0.25) is 14.4 Å². The first-order valence-corrected chi connectivity index (χ1v) is 10.9. The maximum Gasteiger partial charge on any atom is 0.407 e. The number of methoxy groups -OCH3 is 1. The first-order chi connectivity index (χ1) is 14.4. The minimum Gasteiger partial charge on any atom is -0.469 e. The van der Waals surface area contributed by atoms with Gasteiger partial charge in [-0.1, -0.05) is 19.3 Å². The smallest absolute Gasteiger partial charge is 0.407 e. The minimum absolute atomic E-state index is 0.0416. The first kappa shape index (κ1) is 26.7. The molecule has 31 heavy (non-hydrogen) atoms. The monoisotopic (exact) mass is 442 g/mol. The second kappa shape index (κ2) is 12.5. The van der Waals surface area contributed by atoms with Gasteiger partial charge in [-0.15, -0.1) is 0 Å². The number of hydrogen-bond acceptors (Lipinski definition) is 7. The summed E-state index contributed by atoms with van der Waals surface area (Å²) in [5.41, 5.74) is -0.650. The summed E-state index contributed by atoms with van der Waals surface area (Å²) in [6.45, 7) is 8.77. The number of ether oxygens (including phenoxy) is 3. The van der Waals surface area contributed by atoms with Gasteiger partial charge in [0.1, 0.15) is 11.7 Å². The second-order valence-electron chi connectivity index (χ2n) is 9.04. The number of hydrogen-bond donors (Lipinski definition) is 2. The molecule has 1 fully saturated rings. The Balaban J connectivity index is 2.80. The highest BCUT2D eigenvalue weighted by molar-refractivity contribution is 5.75. The van der Waals surface area contributed by atoms with Crippen molar-refractivity contribution in [1.29, 1.82) is 0 Å². The normalized spacial score (nSPS) is 23.0. The van der Waals surface area contributed by atoms with Crippen LogP contribution in [0.25, 0.3) is 0 Å². The number of carbonyl (C=O) groups is 4. The predicted molar refractivity (Wildman–Crippen MR) is 114 cm³/mol. The summed E-state index contributed by atoms with van der Waals surface area (Å²) in [5.74, 6) is -1.84. The van der Waals surface area contributed by atoms with E-state index in [2.05, 4.69) is 10.6 Å². The van der Waals surface area contributed by atoms with Crippen molar-refractivity contribution >= 4 is 23.9 Å². The van der Waals surface area contributed by atoms with Crippen LogP contribution in [0.5, 0.6) is 0 Å². The van der Waals surface area contributed by atoms with Gasteiger partial charge in [0.05, 0.1) is 13.0 Å². The topological polar surface area (TPSA) is 120 Å². The van der Waals surface area contributed by atoms with Crippen molar-refractivity contribution in [3.8, 4) is 0 Å². The maximum atomic E-state index is 12.3. The molecule has 2 amide bonds. The number of rotatable bonds is 10. The molecule has 4 atom stereocenters. The van der Waals surface area contributed by atoms with E-state index in [0.29, 0.717) is 19.4 Å². The third-order valence-electron chi connectivity index (χ3n) is 5.19. The standard InChI is InChI=1S/C22H38N2O7/c1-14(25)23-12-10-8-7-9-11-16-18(24-21(28)31-22(3,4)5)13-17(20(27)29-6)19(16)30-15(2)26/h16-19H,7-13H2,1-6H3,(H,23,25)(H,24,28). The molecule has 1 aliphatic rings. The molecule has 0 saturated heterocycles. The molecule has 0 aromatic rings. The Labute approximate surface area is 184 Å². The van der Waals surface area contributed by atoms with Crippen molar-refractivity contribution in [3.63, 3.8) is 0 Å². The van der Waals surface area contributed by atoms with Crippen molar-refractivity contribution in [1.82, 2.24) is 10.6 Å². The van der Waals surface area contributed by atoms with E-state index in [-0.39, 0.29) is 17.9 Å². The number of esters is 2. The molecule has 0 aliphatic heterocycles. The Morgan fingerprint density at radius 1 is 1.00 bits per heavy atom. The zero-order valence-corrected chi connectivity index (χ0v) is 19.6. The number of amides is 2. The van der Waals surface area contributed by atoms with Crippen LogP contribution < -0.4 is 10.6 Å². The Hall–Kier alpha value is -2.32. The molecule has 0 radical (unpaired) electrons. The van der Waals surface area contributed by atoms with E-state index in [9.17, 15) is 19.2 Å². The lowest BCUT2D eigenvalue weighted by Gasteiger charge is -2.27. The molecule has 0 aromatic carbocycles. The van der Waals surface area contributed by atoms with E-state index in [4.69, 9.17) is 14.2 Å². The van der Waals surface area contributed by atoms with Gasteiger partial charge in [-0.2, -0.15) is 0 Å². The van der Waals surface area contributed by atoms with Crippen molar-refractivity contribution in [2.24, 2.45) is 11.8 Å². The molecule has 1 saturated carbocycles. The Morgan fingerprint density at radius 2 is 1.65 bits per heavy atom. The predicted octanol–water partition coefficient (Wildman–Crippen LogP) is 2.71. The van der Waals surface area contributed by atoms with Gasteiger partial charge in [0, 0.05) is 32.4 Å². The van der Waals surface area contributed by atoms with Crippen molar-refractivity contribution in [3.05, 3.63) is 0 Å². The molecular weight excluding hydrogens is 404 g/mol. The highest BCUT2D eigenvalue weighted by Gasteiger charge is 2.49. The van der Waals surface area contributed by atoms with Gasteiger partial charge in [-0.05, 0) is 40.0 Å². The van der Waals surface area contributed by atoms with E-state index in [1.807, 2.05) is 0 Å². The number of carbonyl (C=O) groups excluding carboxylic acids is 4. The average Bonchev–Trinajstić information content (AvgIpc) is 2.95. The van der Waals surface area contributed by atoms with Gasteiger partial charge in [0.2, 0.25) is 5.91 Å². The van der Waals surface area contributed by atoms with Gasteiger partial charge in [-0.25, -0.2) is 4.79 Å². The Kier molecular flexibility index (Phi) is 10.8. The van der Waals surface area contributed by atoms with Crippen molar-refractivity contribution < 1.29 is 33.4 Å². The Morgan fingerprint density at radius 3 is 2.19 bits per heavy atom. The van der Waals surface area contributed by atoms with Crippen LogP contribution in [0, 0.1) is 11.8 Å². The SMILES string of the molecule is COC(=O)C1CC(NC(=O)OC(C)(C)C)C(CCCCCCNC(C)=O)C1OC(C)=O. The van der Waals surface area contributed by atoms with Crippen molar-refractivity contribution in [2.45, 2.75) is 90.9 Å². The van der Waals surface area contributed by atoms with E-state index in [1.165, 1.54) is 21.0 Å². The average molecular weight is 443 g/mol. The maximum absolute atomic E-state index is 12.3. The van der Waals surface area contributed by atoms with Gasteiger partial charge in [0.15, 0.2) is 0 Å². The summed E-state index contributed by atoms with van der Waals surface area (Å²) >= 11 is 0. The zero-order chi connectivity index (χ0) is 23.6. The lowest BCUT2D eigenvalue weighted by molar-refractivity contribution is -0.159. The lowest BCUT2D eigenvalue weighted by atomic mass is 9.92. The van der Waals surface area contributed by atoms with E-state index in [1.54, 1.807) is 20.8 Å². The third-order valence-corrected chi connectivity index (χ3v) is 5.19. The molecule has 0 spiro atoms. The molecule has 9 heteroatoms. The largest absolute Gasteiger partial charge is 0.469 e. The molecule has 178 valence electrons. The molecule has 1 rings (SSSR count). The Bertz CT molecular complexity index is 630. The van der Waals surface area contributed by atoms with Crippen LogP contribution >= 0.6 is 0 Å². The number of nitrogens with one attached hydrogen (secondary N) is 2. The summed E-state index contributed by atoms with van der Waals surface area (Å²) in [7, 11) is 1.30. The molecule has 9 nitrogen and oxygen atoms in total. The molecule has 4 unspecified atom stereocenters. The molecule has 0 aromatic heterocycles. The summed E-state index contributed by atoms with van der Waals surface area (Å²) in [5, 5.41) is 5.63. The van der Waals surface area contributed by atoms with Crippen LogP contribution in [0.15, 0.2) is 0 Å². The highest BCUT2D eigenvalue weighted by Crippen LogP contribution is 2.38. The molecule has 1 aliphatic carbocycles. The lowest BCUT2D eigenvalue weighted by Crippen LogP contribution is -2.43. The molecule has 2 N–H and O–H groups in total. The van der Waals surface area contributed by atoms with Gasteiger partial charge < -0.3 is 24.8 Å². The van der Waals surface area contributed by atoms with Crippen LogP contribution in [-0.4, -0.2) is 55.3 Å². The fourth-order valence-electron chi connectivity index (χ4n) is 3.97. The quantitative estimate of drug-likeness (QED) is 0.303. The van der Waals surface area contributed by atoms with Crippen LogP contribution in [0.1, 0.15) is 73.1 Å². The van der Waals surface area contributed by atoms with Crippen molar-refractivity contribution in [2.75, 3.05) is 13.7 Å². The summed E-state index contributed by atoms with van der Waals surface area (Å²) in [4.78, 5) is 47.3. The fraction of sp³-hybridized carbons (Fsp3) is 0.818. The van der Waals surface area contributed by atoms with Gasteiger partial charge in [0.25, 0.3) is 0 Å². The minimum atomic E-state index is -0.663. The van der Waals surface area contributed by atoms with E-state index >= 15 is 0 Å². The summed E-state index contributed by atoms with van der Waals surface area (Å²) in [6.07, 6.45) is 3.34. The van der Waals surface area contributed by atoms with Crippen LogP contribution in [-0.2, 0) is 28.6 Å². The summed E-state index contributed by atoms with van der Waals surface area (Å²) < 4.78 is 15.8. The zero-order valence-electron chi connectivity index (χ0n) is 19.6. The molecule has 0 bridgehead atoms. The van der Waals surface area contributed by atoms with Crippen LogP contribution in [0.4, 0.5) is 4.79 Å². The molecular formula is C22H38N2O7. The summed E-state index contributed by atoms with van der Waals surface area (Å²) in [6, 6.07) is -0.373. The molecule has 0 heterocycles. The van der Waals surface area contributed by atoms with Gasteiger partial charge >= 0.3 is 18.0 Å². The fourth-order valence-corrected chi connectivity index (χ4v) is 3.97. The van der Waals surface area contributed by atoms with Crippen LogP contribution in [0.2, 0.25) is 0 Å². The highest BCUT2D eigenvalue weighted by atomic mass is 16.6. The first-order valence-electron chi connectivity index (χ1n) is 10.9. The third kappa shape index (κ3) is 10.0. The van der Waals surface area contributed by atoms with Crippen LogP contribution in [0.3, 0.4) is 0 Å². The second-order valence-corrected chi connectivity index (χ2v) is 9.04. The number of alkyl carbamates (subject to hydrolysis) is 1. The number of unbranched alkanes of at least 4 members (excludes halogenated alkanes) is 3.